The molecule has 2 aromatic carbocycles. The van der Waals surface area contributed by atoms with Crippen LogP contribution in [0.1, 0.15) is 34.0 Å². The van der Waals surface area contributed by atoms with E-state index < -0.39 is 0 Å². The summed E-state index contributed by atoms with van der Waals surface area (Å²) in [5, 5.41) is 9.61. The Morgan fingerprint density at radius 2 is 1.88 bits per heavy atom. The van der Waals surface area contributed by atoms with Gasteiger partial charge in [-0.1, -0.05) is 18.2 Å². The molecule has 33 heavy (non-hydrogen) atoms. The highest BCUT2D eigenvalue weighted by Crippen LogP contribution is 2.23. The Bertz CT molecular complexity index is 1000. The van der Waals surface area contributed by atoms with E-state index in [1.807, 2.05) is 61.3 Å². The van der Waals surface area contributed by atoms with Crippen LogP contribution in [0.3, 0.4) is 0 Å². The second-order valence-electron chi connectivity index (χ2n) is 8.14. The van der Waals surface area contributed by atoms with Crippen LogP contribution in [0.25, 0.3) is 0 Å². The first-order chi connectivity index (χ1) is 16.1. The lowest BCUT2D eigenvalue weighted by atomic mass is 9.99. The van der Waals surface area contributed by atoms with Crippen molar-refractivity contribution in [1.82, 2.24) is 9.91 Å². The molecule has 2 heterocycles. The lowest BCUT2D eigenvalue weighted by Crippen LogP contribution is -2.35. The van der Waals surface area contributed by atoms with Crippen molar-refractivity contribution < 1.29 is 14.3 Å². The molecule has 2 aromatic rings. The van der Waals surface area contributed by atoms with Crippen LogP contribution < -0.4 is 5.32 Å². The molecule has 174 valence electrons. The average Bonchev–Trinajstić information content (AvgIpc) is 2.83. The Hall–Kier alpha value is -2.84. The van der Waals surface area contributed by atoms with E-state index >= 15 is 0 Å². The van der Waals surface area contributed by atoms with Gasteiger partial charge in [0.2, 0.25) is 0 Å². The normalized spacial score (nSPS) is 16.5. The second kappa shape index (κ2) is 11.3. The molecule has 1 N–H and O–H groups in total. The zero-order chi connectivity index (χ0) is 23.0. The fourth-order valence-electron chi connectivity index (χ4n) is 3.96. The number of hydrogen-bond donors (Lipinski definition) is 1. The number of ether oxygens (including phenoxy) is 1. The highest BCUT2D eigenvalue weighted by atomic mass is 32.2. The molecule has 8 heteroatoms. The van der Waals surface area contributed by atoms with Gasteiger partial charge in [0, 0.05) is 48.9 Å². The fraction of sp³-hybridized carbons (Fsp3) is 0.400. The summed E-state index contributed by atoms with van der Waals surface area (Å²) < 4.78 is 5.06. The minimum absolute atomic E-state index is 0.148. The van der Waals surface area contributed by atoms with Gasteiger partial charge in [0.05, 0.1) is 19.4 Å². The number of hydrogen-bond acceptors (Lipinski definition) is 7. The molecule has 1 fully saturated rings. The maximum Gasteiger partial charge on any atom is 0.320 e. The number of esters is 1. The summed E-state index contributed by atoms with van der Waals surface area (Å²) in [7, 11) is 0. The van der Waals surface area contributed by atoms with Gasteiger partial charge in [-0.25, -0.2) is 0 Å². The third-order valence-corrected chi connectivity index (χ3v) is 6.69. The third kappa shape index (κ3) is 6.58. The first kappa shape index (κ1) is 23.3. The highest BCUT2D eigenvalue weighted by Gasteiger charge is 2.19. The van der Waals surface area contributed by atoms with Crippen LogP contribution in [0, 0.1) is 0 Å². The van der Waals surface area contributed by atoms with E-state index in [1.54, 1.807) is 0 Å². The Kier molecular flexibility index (Phi) is 8.01. The number of rotatable bonds is 7. The second-order valence-corrected chi connectivity index (χ2v) is 9.36. The molecule has 0 bridgehead atoms. The number of nitrogens with zero attached hydrogens (tertiary/aromatic N) is 3. The van der Waals surface area contributed by atoms with Crippen LogP contribution in [-0.2, 0) is 22.5 Å². The standard InChI is InChI=1S/C25H30N4O3S/c1-2-32-24(30)18-28-10-9-20-7-8-23(15-22(20)17-28)27-25(31)21-5-3-19(4-6-21)16-26-29-11-13-33-14-12-29/h3-8,15-16H,2,9-14,17-18H2,1H3,(H,27,31)/b26-16+. The molecule has 0 radical (unpaired) electrons. The van der Waals surface area contributed by atoms with Crippen LogP contribution in [0.5, 0.6) is 0 Å². The zero-order valence-corrected chi connectivity index (χ0v) is 19.8. The van der Waals surface area contributed by atoms with E-state index in [4.69, 9.17) is 4.74 Å². The van der Waals surface area contributed by atoms with Gasteiger partial charge < -0.3 is 10.1 Å². The van der Waals surface area contributed by atoms with Gasteiger partial charge in [0.25, 0.3) is 5.91 Å². The number of thioether (sulfide) groups is 1. The average molecular weight is 467 g/mol. The Morgan fingerprint density at radius 3 is 2.64 bits per heavy atom. The van der Waals surface area contributed by atoms with Gasteiger partial charge in [-0.05, 0) is 54.3 Å². The minimum atomic E-state index is -0.200. The fourth-order valence-corrected chi connectivity index (χ4v) is 4.84. The Balaban J connectivity index is 1.35. The molecule has 2 aliphatic heterocycles. The lowest BCUT2D eigenvalue weighted by molar-refractivity contribution is -0.144. The van der Waals surface area contributed by atoms with Crippen LogP contribution in [0.4, 0.5) is 5.69 Å². The summed E-state index contributed by atoms with van der Waals surface area (Å²) in [6.45, 7) is 5.94. The maximum atomic E-state index is 12.8. The van der Waals surface area contributed by atoms with Gasteiger partial charge >= 0.3 is 5.97 Å². The molecular formula is C25H30N4O3S. The number of amides is 1. The predicted octanol–water partition coefficient (Wildman–Crippen LogP) is 3.24. The topological polar surface area (TPSA) is 74.2 Å². The number of carbonyl (C=O) groups is 2. The van der Waals surface area contributed by atoms with Crippen LogP contribution in [0.2, 0.25) is 0 Å². The largest absolute Gasteiger partial charge is 0.465 e. The van der Waals surface area contributed by atoms with Crippen LogP contribution in [-0.4, -0.2) is 72.3 Å². The molecule has 0 spiro atoms. The summed E-state index contributed by atoms with van der Waals surface area (Å²) in [5.74, 6) is 1.88. The summed E-state index contributed by atoms with van der Waals surface area (Å²) in [5.41, 5.74) is 4.71. The SMILES string of the molecule is CCOC(=O)CN1CCc2ccc(NC(=O)c3ccc(/C=N/N4CCSCC4)cc3)cc2C1. The van der Waals surface area contributed by atoms with Crippen molar-refractivity contribution in [3.05, 3.63) is 64.7 Å². The number of carbonyl (C=O) groups excluding carboxylic acids is 2. The number of fused-ring (bicyclic) bond motifs is 1. The molecule has 0 saturated carbocycles. The number of hydrazone groups is 1. The monoisotopic (exact) mass is 466 g/mol. The molecule has 1 amide bonds. The van der Waals surface area contributed by atoms with Crippen molar-refractivity contribution in [3.8, 4) is 0 Å². The van der Waals surface area contributed by atoms with Gasteiger partial charge in [-0.15, -0.1) is 0 Å². The van der Waals surface area contributed by atoms with Crippen molar-refractivity contribution in [1.29, 1.82) is 0 Å². The van der Waals surface area contributed by atoms with E-state index in [1.165, 1.54) is 5.56 Å². The molecule has 1 saturated heterocycles. The molecule has 0 unspecified atom stereocenters. The highest BCUT2D eigenvalue weighted by molar-refractivity contribution is 7.99. The van der Waals surface area contributed by atoms with Gasteiger partial charge in [-0.3, -0.25) is 19.5 Å². The van der Waals surface area contributed by atoms with Crippen molar-refractivity contribution in [2.45, 2.75) is 19.9 Å². The first-order valence-corrected chi connectivity index (χ1v) is 12.5. The smallest absolute Gasteiger partial charge is 0.320 e. The maximum absolute atomic E-state index is 12.8. The van der Waals surface area contributed by atoms with Crippen molar-refractivity contribution >= 4 is 35.5 Å². The van der Waals surface area contributed by atoms with Gasteiger partial charge in [-0.2, -0.15) is 16.9 Å². The minimum Gasteiger partial charge on any atom is -0.465 e. The molecule has 0 aliphatic carbocycles. The van der Waals surface area contributed by atoms with Crippen molar-refractivity contribution in [2.24, 2.45) is 5.10 Å². The zero-order valence-electron chi connectivity index (χ0n) is 19.0. The van der Waals surface area contributed by atoms with Crippen molar-refractivity contribution in [2.75, 3.05) is 49.6 Å². The lowest BCUT2D eigenvalue weighted by Gasteiger charge is -2.28. The summed E-state index contributed by atoms with van der Waals surface area (Å²) >= 11 is 1.96. The van der Waals surface area contributed by atoms with E-state index in [2.05, 4.69) is 26.4 Å². The molecule has 0 aromatic heterocycles. The van der Waals surface area contributed by atoms with Crippen LogP contribution in [0.15, 0.2) is 47.6 Å². The first-order valence-electron chi connectivity index (χ1n) is 11.4. The Morgan fingerprint density at radius 1 is 1.09 bits per heavy atom. The van der Waals surface area contributed by atoms with Gasteiger partial charge in [0.1, 0.15) is 0 Å². The van der Waals surface area contributed by atoms with E-state index in [-0.39, 0.29) is 18.4 Å². The summed E-state index contributed by atoms with van der Waals surface area (Å²) in [4.78, 5) is 26.6. The molecule has 2 aliphatic rings. The van der Waals surface area contributed by atoms with Gasteiger partial charge in [0.15, 0.2) is 0 Å². The third-order valence-electron chi connectivity index (χ3n) is 5.74. The Labute approximate surface area is 199 Å². The molecular weight excluding hydrogens is 436 g/mol. The predicted molar refractivity (Wildman–Crippen MR) is 133 cm³/mol. The summed E-state index contributed by atoms with van der Waals surface area (Å²) in [6, 6.07) is 13.5. The molecule has 0 atom stereocenters. The number of benzene rings is 2. The van der Waals surface area contributed by atoms with Crippen LogP contribution >= 0.6 is 11.8 Å². The summed E-state index contributed by atoms with van der Waals surface area (Å²) in [6.07, 6.45) is 2.73. The number of nitrogens with one attached hydrogen (secondary N) is 1. The van der Waals surface area contributed by atoms with E-state index in [0.29, 0.717) is 18.7 Å². The van der Waals surface area contributed by atoms with E-state index in [0.717, 1.165) is 54.4 Å². The van der Waals surface area contributed by atoms with Crippen molar-refractivity contribution in [3.63, 3.8) is 0 Å². The van der Waals surface area contributed by atoms with E-state index in [9.17, 15) is 9.59 Å². The quantitative estimate of drug-likeness (QED) is 0.499. The molecule has 7 nitrogen and oxygen atoms in total. The molecule has 4 rings (SSSR count). The number of anilines is 1.